The first-order valence-electron chi connectivity index (χ1n) is 14.0. The predicted octanol–water partition coefficient (Wildman–Crippen LogP) is 6.61. The summed E-state index contributed by atoms with van der Waals surface area (Å²) in [6, 6.07) is 20.5. The van der Waals surface area contributed by atoms with Crippen molar-refractivity contribution in [2.24, 2.45) is 0 Å². The van der Waals surface area contributed by atoms with Gasteiger partial charge in [0, 0.05) is 34.1 Å². The monoisotopic (exact) mass is 645 g/mol. The topological polar surface area (TPSA) is 86.8 Å². The van der Waals surface area contributed by atoms with Crippen LogP contribution in [0.4, 0.5) is 5.69 Å². The zero-order valence-corrected chi connectivity index (χ0v) is 28.1. The highest BCUT2D eigenvalue weighted by atomic mass is 35.5. The Morgan fingerprint density at radius 3 is 1.88 bits per heavy atom. The average Bonchev–Trinajstić information content (AvgIpc) is 2.89. The standard InChI is InChI=1S/C33H41Cl2N3O4S/c1-32(2,3)24-16-18-25(19-17-24)38(43(7,41)42)22-30(39)37(21-26-27(34)14-11-15-28(26)35)29(31(40)36-33(4,5)6)20-23-12-9-8-10-13-23/h8-19,29H,20-22H2,1-7H3,(H,36,40). The van der Waals surface area contributed by atoms with Crippen LogP contribution >= 0.6 is 23.2 Å². The van der Waals surface area contributed by atoms with Gasteiger partial charge in [0.2, 0.25) is 21.8 Å². The van der Waals surface area contributed by atoms with Crippen molar-refractivity contribution in [3.05, 3.63) is 99.5 Å². The van der Waals surface area contributed by atoms with Gasteiger partial charge in [-0.1, -0.05) is 92.5 Å². The van der Waals surface area contributed by atoms with Crippen LogP contribution in [0.2, 0.25) is 10.0 Å². The number of hydrogen-bond donors (Lipinski definition) is 1. The molecule has 10 heteroatoms. The summed E-state index contributed by atoms with van der Waals surface area (Å²) in [5.41, 5.74) is 1.93. The third-order valence-corrected chi connectivity index (χ3v) is 8.71. The first-order chi connectivity index (χ1) is 19.9. The lowest BCUT2D eigenvalue weighted by Crippen LogP contribution is -2.56. The molecule has 0 aliphatic heterocycles. The Morgan fingerprint density at radius 1 is 0.837 bits per heavy atom. The second-order valence-electron chi connectivity index (χ2n) is 12.7. The molecule has 1 unspecified atom stereocenters. The predicted molar refractivity (Wildman–Crippen MR) is 176 cm³/mol. The van der Waals surface area contributed by atoms with E-state index in [0.29, 0.717) is 21.3 Å². The molecule has 2 amide bonds. The molecule has 0 aliphatic rings. The minimum Gasteiger partial charge on any atom is -0.350 e. The second-order valence-corrected chi connectivity index (χ2v) is 15.5. The molecule has 3 aromatic carbocycles. The van der Waals surface area contributed by atoms with Crippen LogP contribution in [0.15, 0.2) is 72.8 Å². The summed E-state index contributed by atoms with van der Waals surface area (Å²) in [7, 11) is -3.88. The summed E-state index contributed by atoms with van der Waals surface area (Å²) in [6.07, 6.45) is 1.25. The highest BCUT2D eigenvalue weighted by Crippen LogP contribution is 2.29. The number of sulfonamides is 1. The van der Waals surface area contributed by atoms with E-state index in [1.807, 2.05) is 63.2 Å². The fourth-order valence-corrected chi connectivity index (χ4v) is 5.97. The van der Waals surface area contributed by atoms with Gasteiger partial charge in [-0.15, -0.1) is 0 Å². The van der Waals surface area contributed by atoms with Crippen LogP contribution in [0.5, 0.6) is 0 Å². The summed E-state index contributed by atoms with van der Waals surface area (Å²) in [5, 5.41) is 3.66. The third-order valence-electron chi connectivity index (χ3n) is 6.86. The SMILES string of the molecule is CC(C)(C)NC(=O)C(Cc1ccccc1)N(Cc1c(Cl)cccc1Cl)C(=O)CN(c1ccc(C(C)(C)C)cc1)S(C)(=O)=O. The molecule has 43 heavy (non-hydrogen) atoms. The van der Waals surface area contributed by atoms with Gasteiger partial charge in [-0.3, -0.25) is 13.9 Å². The molecule has 0 spiro atoms. The molecular weight excluding hydrogens is 605 g/mol. The number of carbonyl (C=O) groups excluding carboxylic acids is 2. The Bertz CT molecular complexity index is 1510. The second kappa shape index (κ2) is 13.7. The van der Waals surface area contributed by atoms with Crippen molar-refractivity contribution in [1.82, 2.24) is 10.2 Å². The normalized spacial score (nSPS) is 12.9. The van der Waals surface area contributed by atoms with Crippen molar-refractivity contribution in [1.29, 1.82) is 0 Å². The van der Waals surface area contributed by atoms with Gasteiger partial charge in [0.25, 0.3) is 0 Å². The zero-order chi connectivity index (χ0) is 32.2. The number of amides is 2. The lowest BCUT2D eigenvalue weighted by atomic mass is 9.87. The molecule has 1 N–H and O–H groups in total. The van der Waals surface area contributed by atoms with Gasteiger partial charge in [-0.25, -0.2) is 8.42 Å². The van der Waals surface area contributed by atoms with E-state index in [2.05, 4.69) is 26.1 Å². The summed E-state index contributed by atoms with van der Waals surface area (Å²) in [6.45, 7) is 11.1. The molecule has 0 radical (unpaired) electrons. The third kappa shape index (κ3) is 9.71. The van der Waals surface area contributed by atoms with Gasteiger partial charge in [-0.05, 0) is 61.6 Å². The first-order valence-corrected chi connectivity index (χ1v) is 16.6. The summed E-state index contributed by atoms with van der Waals surface area (Å²) < 4.78 is 27.2. The van der Waals surface area contributed by atoms with Crippen LogP contribution in [0.1, 0.15) is 58.2 Å². The highest BCUT2D eigenvalue weighted by Gasteiger charge is 2.35. The Labute approximate surface area is 266 Å². The van der Waals surface area contributed by atoms with E-state index < -0.39 is 34.1 Å². The Hall–Kier alpha value is -3.07. The maximum atomic E-state index is 14.3. The molecule has 1 atom stereocenters. The van der Waals surface area contributed by atoms with Gasteiger partial charge in [-0.2, -0.15) is 0 Å². The number of rotatable bonds is 10. The van der Waals surface area contributed by atoms with E-state index in [1.165, 1.54) is 4.90 Å². The molecule has 0 saturated carbocycles. The Kier molecular flexibility index (Phi) is 11.0. The summed E-state index contributed by atoms with van der Waals surface area (Å²) in [4.78, 5) is 29.5. The molecule has 7 nitrogen and oxygen atoms in total. The van der Waals surface area contributed by atoms with Gasteiger partial charge < -0.3 is 10.2 Å². The molecule has 3 rings (SSSR count). The largest absolute Gasteiger partial charge is 0.350 e. The zero-order valence-electron chi connectivity index (χ0n) is 25.8. The minimum absolute atomic E-state index is 0.104. The van der Waals surface area contributed by atoms with Crippen molar-refractivity contribution < 1.29 is 18.0 Å². The van der Waals surface area contributed by atoms with Crippen molar-refractivity contribution in [3.8, 4) is 0 Å². The van der Waals surface area contributed by atoms with Crippen LogP contribution in [0.25, 0.3) is 0 Å². The van der Waals surface area contributed by atoms with E-state index in [1.54, 1.807) is 30.3 Å². The van der Waals surface area contributed by atoms with E-state index in [0.717, 1.165) is 21.7 Å². The molecule has 0 saturated heterocycles. The minimum atomic E-state index is -3.88. The molecule has 0 heterocycles. The number of nitrogens with one attached hydrogen (secondary N) is 1. The number of carbonyl (C=O) groups is 2. The van der Waals surface area contributed by atoms with E-state index in [4.69, 9.17) is 23.2 Å². The van der Waals surface area contributed by atoms with Gasteiger partial charge in [0.15, 0.2) is 0 Å². The fourth-order valence-electron chi connectivity index (χ4n) is 4.60. The van der Waals surface area contributed by atoms with Crippen LogP contribution in [0.3, 0.4) is 0 Å². The van der Waals surface area contributed by atoms with Crippen LogP contribution in [-0.2, 0) is 38.0 Å². The number of benzene rings is 3. The van der Waals surface area contributed by atoms with Crippen LogP contribution < -0.4 is 9.62 Å². The maximum Gasteiger partial charge on any atom is 0.244 e. The average molecular weight is 647 g/mol. The van der Waals surface area contributed by atoms with Crippen molar-refractivity contribution >= 4 is 50.7 Å². The number of halogens is 2. The molecule has 0 fully saturated rings. The van der Waals surface area contributed by atoms with E-state index >= 15 is 0 Å². The number of anilines is 1. The number of hydrogen-bond acceptors (Lipinski definition) is 4. The number of nitrogens with zero attached hydrogens (tertiary/aromatic N) is 2. The lowest BCUT2D eigenvalue weighted by Gasteiger charge is -2.35. The highest BCUT2D eigenvalue weighted by molar-refractivity contribution is 7.92. The molecule has 0 aromatic heterocycles. The molecule has 0 aliphatic carbocycles. The van der Waals surface area contributed by atoms with Crippen molar-refractivity contribution in [2.75, 3.05) is 17.1 Å². The van der Waals surface area contributed by atoms with E-state index in [-0.39, 0.29) is 24.3 Å². The summed E-state index contributed by atoms with van der Waals surface area (Å²) >= 11 is 13.1. The lowest BCUT2D eigenvalue weighted by molar-refractivity contribution is -0.140. The Balaban J connectivity index is 2.11. The van der Waals surface area contributed by atoms with Gasteiger partial charge in [0.1, 0.15) is 12.6 Å². The van der Waals surface area contributed by atoms with Crippen LogP contribution in [-0.4, -0.2) is 49.5 Å². The smallest absolute Gasteiger partial charge is 0.244 e. The molecule has 3 aromatic rings. The van der Waals surface area contributed by atoms with E-state index in [9.17, 15) is 18.0 Å². The van der Waals surface area contributed by atoms with Crippen molar-refractivity contribution in [3.63, 3.8) is 0 Å². The quantitative estimate of drug-likeness (QED) is 0.269. The Morgan fingerprint density at radius 2 is 1.40 bits per heavy atom. The molecular formula is C33H41Cl2N3O4S. The fraction of sp³-hybridized carbons (Fsp3) is 0.394. The van der Waals surface area contributed by atoms with Gasteiger partial charge in [0.05, 0.1) is 11.9 Å². The maximum absolute atomic E-state index is 14.3. The molecule has 232 valence electrons. The van der Waals surface area contributed by atoms with Crippen molar-refractivity contribution in [2.45, 2.75) is 71.5 Å². The van der Waals surface area contributed by atoms with Crippen LogP contribution in [0, 0.1) is 0 Å². The molecule has 0 bridgehead atoms. The first kappa shape index (κ1) is 34.4. The summed E-state index contributed by atoms with van der Waals surface area (Å²) in [5.74, 6) is -0.959. The van der Waals surface area contributed by atoms with Gasteiger partial charge >= 0.3 is 0 Å².